The number of esters is 1. The molecule has 0 unspecified atom stereocenters. The van der Waals surface area contributed by atoms with Crippen LogP contribution in [-0.4, -0.2) is 12.6 Å². The minimum Gasteiger partial charge on any atom is -0.461 e. The predicted molar refractivity (Wildman–Crippen MR) is 75.5 cm³/mol. The van der Waals surface area contributed by atoms with E-state index >= 15 is 0 Å². The minimum absolute atomic E-state index is 0.0167. The highest BCUT2D eigenvalue weighted by Gasteiger charge is 2.07. The van der Waals surface area contributed by atoms with E-state index in [4.69, 9.17) is 4.74 Å². The third-order valence-electron chi connectivity index (χ3n) is 3.54. The Kier molecular flexibility index (Phi) is 8.62. The summed E-state index contributed by atoms with van der Waals surface area (Å²) in [4.78, 5) is 11.5. The van der Waals surface area contributed by atoms with Crippen molar-refractivity contribution in [2.75, 3.05) is 6.61 Å². The van der Waals surface area contributed by atoms with Gasteiger partial charge >= 0.3 is 5.97 Å². The fourth-order valence-electron chi connectivity index (χ4n) is 2.33. The quantitative estimate of drug-likeness (QED) is 0.335. The van der Waals surface area contributed by atoms with Gasteiger partial charge in [-0.3, -0.25) is 4.79 Å². The fourth-order valence-corrected chi connectivity index (χ4v) is 2.33. The van der Waals surface area contributed by atoms with Crippen LogP contribution in [0, 0.1) is 0 Å². The molecule has 0 aromatic rings. The normalized spacial score (nSPS) is 15.3. The van der Waals surface area contributed by atoms with Crippen molar-refractivity contribution in [3.8, 4) is 0 Å². The van der Waals surface area contributed by atoms with Crippen molar-refractivity contribution in [2.45, 2.75) is 77.6 Å². The number of hydrogen-bond donors (Lipinski definition) is 0. The van der Waals surface area contributed by atoms with Crippen LogP contribution < -0.4 is 0 Å². The van der Waals surface area contributed by atoms with Crippen LogP contribution in [0.15, 0.2) is 11.6 Å². The number of unbranched alkanes of at least 4 members (excludes halogenated alkanes) is 5. The predicted octanol–water partition coefficient (Wildman–Crippen LogP) is 4.78. The monoisotopic (exact) mass is 252 g/mol. The van der Waals surface area contributed by atoms with Gasteiger partial charge in [-0.15, -0.1) is 0 Å². The summed E-state index contributed by atoms with van der Waals surface area (Å²) in [6.07, 6.45) is 14.9. The molecule has 1 rings (SSSR count). The molecule has 2 heteroatoms. The first-order valence-electron chi connectivity index (χ1n) is 7.66. The number of allylic oxidation sites excluding steroid dienone is 1. The van der Waals surface area contributed by atoms with Crippen LogP contribution in [0.2, 0.25) is 0 Å². The van der Waals surface area contributed by atoms with Crippen molar-refractivity contribution in [3.05, 3.63) is 11.6 Å². The van der Waals surface area contributed by atoms with Gasteiger partial charge in [0.15, 0.2) is 0 Å². The first kappa shape index (κ1) is 15.3. The second kappa shape index (κ2) is 10.2. The van der Waals surface area contributed by atoms with Gasteiger partial charge in [0.1, 0.15) is 6.61 Å². The Labute approximate surface area is 112 Å². The summed E-state index contributed by atoms with van der Waals surface area (Å²) in [5.41, 5.74) is 1.32. The Morgan fingerprint density at radius 3 is 2.67 bits per heavy atom. The summed E-state index contributed by atoms with van der Waals surface area (Å²) < 4.78 is 5.30. The average molecular weight is 252 g/mol. The summed E-state index contributed by atoms with van der Waals surface area (Å²) in [5.74, 6) is -0.0167. The average Bonchev–Trinajstić information content (AvgIpc) is 2.41. The molecular weight excluding hydrogens is 224 g/mol. The van der Waals surface area contributed by atoms with Gasteiger partial charge in [0.05, 0.1) is 0 Å². The number of rotatable bonds is 9. The van der Waals surface area contributed by atoms with Gasteiger partial charge in [0, 0.05) is 6.42 Å². The molecule has 2 nitrogen and oxygen atoms in total. The molecule has 0 fully saturated rings. The van der Waals surface area contributed by atoms with Crippen molar-refractivity contribution in [3.63, 3.8) is 0 Å². The molecular formula is C16H28O2. The van der Waals surface area contributed by atoms with Crippen LogP contribution in [0.1, 0.15) is 77.6 Å². The van der Waals surface area contributed by atoms with E-state index in [2.05, 4.69) is 13.0 Å². The SMILES string of the molecule is CCCCCCCCC(=O)OCC1=CCCCC1. The van der Waals surface area contributed by atoms with Crippen molar-refractivity contribution in [1.29, 1.82) is 0 Å². The van der Waals surface area contributed by atoms with E-state index in [-0.39, 0.29) is 5.97 Å². The van der Waals surface area contributed by atoms with Crippen LogP contribution in [-0.2, 0) is 9.53 Å². The molecule has 0 aromatic carbocycles. The lowest BCUT2D eigenvalue weighted by atomic mass is 10.0. The topological polar surface area (TPSA) is 26.3 Å². The van der Waals surface area contributed by atoms with Crippen molar-refractivity contribution >= 4 is 5.97 Å². The second-order valence-corrected chi connectivity index (χ2v) is 5.29. The van der Waals surface area contributed by atoms with Crippen LogP contribution >= 0.6 is 0 Å². The zero-order chi connectivity index (χ0) is 13.1. The third-order valence-corrected chi connectivity index (χ3v) is 3.54. The molecule has 0 heterocycles. The van der Waals surface area contributed by atoms with E-state index in [9.17, 15) is 4.79 Å². The first-order valence-corrected chi connectivity index (χ1v) is 7.66. The molecule has 104 valence electrons. The molecule has 0 bridgehead atoms. The van der Waals surface area contributed by atoms with Gasteiger partial charge in [-0.05, 0) is 37.7 Å². The van der Waals surface area contributed by atoms with Crippen molar-refractivity contribution in [1.82, 2.24) is 0 Å². The van der Waals surface area contributed by atoms with E-state index < -0.39 is 0 Å². The van der Waals surface area contributed by atoms with Crippen LogP contribution in [0.3, 0.4) is 0 Å². The lowest BCUT2D eigenvalue weighted by Gasteiger charge is -2.12. The van der Waals surface area contributed by atoms with E-state index in [0.29, 0.717) is 13.0 Å². The molecule has 0 saturated carbocycles. The maximum absolute atomic E-state index is 11.5. The molecule has 1 aliphatic carbocycles. The van der Waals surface area contributed by atoms with Crippen LogP contribution in [0.25, 0.3) is 0 Å². The second-order valence-electron chi connectivity index (χ2n) is 5.29. The van der Waals surface area contributed by atoms with Gasteiger partial charge in [-0.1, -0.05) is 45.1 Å². The Morgan fingerprint density at radius 2 is 1.94 bits per heavy atom. The lowest BCUT2D eigenvalue weighted by molar-refractivity contribution is -0.142. The molecule has 0 amide bonds. The largest absolute Gasteiger partial charge is 0.461 e. The van der Waals surface area contributed by atoms with Crippen LogP contribution in [0.5, 0.6) is 0 Å². The van der Waals surface area contributed by atoms with Crippen molar-refractivity contribution < 1.29 is 9.53 Å². The zero-order valence-corrected chi connectivity index (χ0v) is 11.9. The van der Waals surface area contributed by atoms with Crippen LogP contribution in [0.4, 0.5) is 0 Å². The fraction of sp³-hybridized carbons (Fsp3) is 0.812. The van der Waals surface area contributed by atoms with E-state index in [1.807, 2.05) is 0 Å². The molecule has 0 aliphatic heterocycles. The Morgan fingerprint density at radius 1 is 1.17 bits per heavy atom. The van der Waals surface area contributed by atoms with Gasteiger partial charge in [-0.25, -0.2) is 0 Å². The summed E-state index contributed by atoms with van der Waals surface area (Å²) in [6.45, 7) is 2.76. The Bertz CT molecular complexity index is 256. The molecule has 1 aliphatic rings. The third kappa shape index (κ3) is 7.52. The van der Waals surface area contributed by atoms with Crippen molar-refractivity contribution in [2.24, 2.45) is 0 Å². The standard InChI is InChI=1S/C16H28O2/c1-2-3-4-5-6-10-13-16(17)18-14-15-11-8-7-9-12-15/h11H,2-10,12-14H2,1H3. The molecule has 0 N–H and O–H groups in total. The molecule has 0 atom stereocenters. The number of carbonyl (C=O) groups excluding carboxylic acids is 1. The number of ether oxygens (including phenoxy) is 1. The van der Waals surface area contributed by atoms with Gasteiger partial charge in [0.2, 0.25) is 0 Å². The molecule has 0 radical (unpaired) electrons. The molecule has 0 saturated heterocycles. The number of hydrogen-bond acceptors (Lipinski definition) is 2. The minimum atomic E-state index is -0.0167. The molecule has 0 aromatic heterocycles. The highest BCUT2D eigenvalue weighted by Crippen LogP contribution is 2.17. The Hall–Kier alpha value is -0.790. The van der Waals surface area contributed by atoms with Gasteiger partial charge in [0.25, 0.3) is 0 Å². The smallest absolute Gasteiger partial charge is 0.306 e. The zero-order valence-electron chi connectivity index (χ0n) is 11.9. The highest BCUT2D eigenvalue weighted by atomic mass is 16.5. The summed E-state index contributed by atoms with van der Waals surface area (Å²) in [7, 11) is 0. The first-order chi connectivity index (χ1) is 8.83. The molecule has 0 spiro atoms. The van der Waals surface area contributed by atoms with Gasteiger partial charge in [-0.2, -0.15) is 0 Å². The molecule has 18 heavy (non-hydrogen) atoms. The Balaban J connectivity index is 1.95. The van der Waals surface area contributed by atoms with E-state index in [1.54, 1.807) is 0 Å². The summed E-state index contributed by atoms with van der Waals surface area (Å²) in [5, 5.41) is 0. The summed E-state index contributed by atoms with van der Waals surface area (Å²) >= 11 is 0. The van der Waals surface area contributed by atoms with E-state index in [0.717, 1.165) is 25.7 Å². The number of carbonyl (C=O) groups is 1. The lowest BCUT2D eigenvalue weighted by Crippen LogP contribution is -2.08. The van der Waals surface area contributed by atoms with E-state index in [1.165, 1.54) is 44.1 Å². The van der Waals surface area contributed by atoms with Gasteiger partial charge < -0.3 is 4.74 Å². The highest BCUT2D eigenvalue weighted by molar-refractivity contribution is 5.69. The maximum Gasteiger partial charge on any atom is 0.306 e. The maximum atomic E-state index is 11.5. The summed E-state index contributed by atoms with van der Waals surface area (Å²) in [6, 6.07) is 0.